The van der Waals surface area contributed by atoms with E-state index in [4.69, 9.17) is 4.74 Å². The Morgan fingerprint density at radius 1 is 1.07 bits per heavy atom. The lowest BCUT2D eigenvalue weighted by molar-refractivity contribution is -0.0516. The van der Waals surface area contributed by atoms with Gasteiger partial charge in [0.05, 0.1) is 13.2 Å². The number of anilines is 1. The zero-order chi connectivity index (χ0) is 18.4. The summed E-state index contributed by atoms with van der Waals surface area (Å²) in [5.74, 6) is 1.00. The van der Waals surface area contributed by atoms with Gasteiger partial charge in [0.1, 0.15) is 5.75 Å². The van der Waals surface area contributed by atoms with Crippen molar-refractivity contribution in [2.45, 2.75) is 18.9 Å². The zero-order valence-corrected chi connectivity index (χ0v) is 15.4. The van der Waals surface area contributed by atoms with Crippen molar-refractivity contribution in [2.24, 2.45) is 11.3 Å². The van der Waals surface area contributed by atoms with Crippen LogP contribution in [0.25, 0.3) is 10.8 Å². The SMILES string of the molecule is COc1ccncc1C(O)C1CC2(C1)CN(c1ccc3ccncc3c1)C2. The molecule has 5 heteroatoms. The van der Waals surface area contributed by atoms with E-state index in [1.165, 1.54) is 16.5 Å². The van der Waals surface area contributed by atoms with Crippen LogP contribution in [-0.4, -0.2) is 35.3 Å². The van der Waals surface area contributed by atoms with E-state index in [1.54, 1.807) is 19.5 Å². The van der Waals surface area contributed by atoms with E-state index in [-0.39, 0.29) is 5.92 Å². The number of pyridine rings is 2. The van der Waals surface area contributed by atoms with Crippen LogP contribution in [0.2, 0.25) is 0 Å². The van der Waals surface area contributed by atoms with E-state index in [0.717, 1.165) is 37.2 Å². The van der Waals surface area contributed by atoms with Gasteiger partial charge >= 0.3 is 0 Å². The molecule has 3 heterocycles. The third-order valence-corrected chi connectivity index (χ3v) is 6.23. The van der Waals surface area contributed by atoms with Crippen LogP contribution < -0.4 is 9.64 Å². The fourth-order valence-corrected chi connectivity index (χ4v) is 4.81. The molecule has 1 aliphatic carbocycles. The molecule has 1 atom stereocenters. The Kier molecular flexibility index (Phi) is 3.79. The fraction of sp³-hybridized carbons (Fsp3) is 0.364. The van der Waals surface area contributed by atoms with Crippen LogP contribution in [0.4, 0.5) is 5.69 Å². The second-order valence-corrected chi connectivity index (χ2v) is 7.99. The van der Waals surface area contributed by atoms with Gasteiger partial charge in [-0.2, -0.15) is 0 Å². The molecule has 2 fully saturated rings. The van der Waals surface area contributed by atoms with Crippen molar-refractivity contribution in [3.63, 3.8) is 0 Å². The summed E-state index contributed by atoms with van der Waals surface area (Å²) in [5.41, 5.74) is 2.42. The monoisotopic (exact) mass is 361 g/mol. The smallest absolute Gasteiger partial charge is 0.127 e. The molecule has 1 saturated carbocycles. The summed E-state index contributed by atoms with van der Waals surface area (Å²) in [7, 11) is 1.64. The average molecular weight is 361 g/mol. The molecule has 1 unspecified atom stereocenters. The van der Waals surface area contributed by atoms with Crippen molar-refractivity contribution in [2.75, 3.05) is 25.1 Å². The molecule has 0 amide bonds. The van der Waals surface area contributed by atoms with Crippen molar-refractivity contribution < 1.29 is 9.84 Å². The highest BCUT2D eigenvalue weighted by atomic mass is 16.5. The summed E-state index contributed by atoms with van der Waals surface area (Å²) < 4.78 is 5.37. The maximum Gasteiger partial charge on any atom is 0.127 e. The predicted molar refractivity (Wildman–Crippen MR) is 105 cm³/mol. The van der Waals surface area contributed by atoms with E-state index >= 15 is 0 Å². The number of aliphatic hydroxyl groups excluding tert-OH is 1. The summed E-state index contributed by atoms with van der Waals surface area (Å²) in [4.78, 5) is 10.8. The Labute approximate surface area is 158 Å². The van der Waals surface area contributed by atoms with Gasteiger partial charge in [-0.25, -0.2) is 0 Å². The molecule has 2 aliphatic rings. The number of hydrogen-bond donors (Lipinski definition) is 1. The molecule has 0 bridgehead atoms. The van der Waals surface area contributed by atoms with Crippen LogP contribution in [-0.2, 0) is 0 Å². The van der Waals surface area contributed by atoms with E-state index in [9.17, 15) is 5.11 Å². The van der Waals surface area contributed by atoms with Gasteiger partial charge in [0, 0.05) is 59.9 Å². The summed E-state index contributed by atoms with van der Waals surface area (Å²) in [6.45, 7) is 2.12. The number of nitrogens with zero attached hydrogens (tertiary/aromatic N) is 3. The molecule has 2 aromatic heterocycles. The summed E-state index contributed by atoms with van der Waals surface area (Å²) in [6.07, 6.45) is 8.78. The lowest BCUT2D eigenvalue weighted by atomic mass is 9.55. The number of hydrogen-bond acceptors (Lipinski definition) is 5. The van der Waals surface area contributed by atoms with Crippen molar-refractivity contribution in [1.29, 1.82) is 0 Å². The van der Waals surface area contributed by atoms with Gasteiger partial charge in [0.2, 0.25) is 0 Å². The number of ether oxygens (including phenoxy) is 1. The van der Waals surface area contributed by atoms with Gasteiger partial charge in [-0.3, -0.25) is 9.97 Å². The van der Waals surface area contributed by atoms with Gasteiger partial charge in [0.15, 0.2) is 0 Å². The molecule has 1 aromatic carbocycles. The van der Waals surface area contributed by atoms with E-state index in [0.29, 0.717) is 5.41 Å². The van der Waals surface area contributed by atoms with Gasteiger partial charge in [-0.15, -0.1) is 0 Å². The lowest BCUT2D eigenvalue weighted by Gasteiger charge is -2.60. The Morgan fingerprint density at radius 2 is 1.85 bits per heavy atom. The molecule has 1 N–H and O–H groups in total. The highest BCUT2D eigenvalue weighted by molar-refractivity contribution is 5.85. The molecule has 5 rings (SSSR count). The van der Waals surface area contributed by atoms with Crippen LogP contribution in [0.5, 0.6) is 5.75 Å². The number of fused-ring (bicyclic) bond motifs is 1. The second kappa shape index (κ2) is 6.20. The predicted octanol–water partition coefficient (Wildman–Crippen LogP) is 3.59. The third-order valence-electron chi connectivity index (χ3n) is 6.23. The third kappa shape index (κ3) is 2.73. The maximum absolute atomic E-state index is 10.8. The first kappa shape index (κ1) is 16.5. The molecule has 1 saturated heterocycles. The maximum atomic E-state index is 10.8. The Bertz CT molecular complexity index is 976. The van der Waals surface area contributed by atoms with Crippen LogP contribution in [0.3, 0.4) is 0 Å². The minimum Gasteiger partial charge on any atom is -0.496 e. The highest BCUT2D eigenvalue weighted by Gasteiger charge is 2.54. The van der Waals surface area contributed by atoms with Gasteiger partial charge in [-0.1, -0.05) is 6.07 Å². The standard InChI is InChI=1S/C22H23N3O2/c1-27-20-5-7-24-12-19(20)21(26)17-9-22(10-17)13-25(14-22)18-3-2-15-4-6-23-11-16(15)8-18/h2-8,11-12,17,21,26H,9-10,13-14H2,1H3. The van der Waals surface area contributed by atoms with Crippen LogP contribution in [0, 0.1) is 11.3 Å². The molecule has 138 valence electrons. The molecule has 1 aliphatic heterocycles. The van der Waals surface area contributed by atoms with Crippen molar-refractivity contribution in [3.05, 3.63) is 60.7 Å². The zero-order valence-electron chi connectivity index (χ0n) is 15.4. The van der Waals surface area contributed by atoms with Crippen LogP contribution in [0.15, 0.2) is 55.1 Å². The Morgan fingerprint density at radius 3 is 2.67 bits per heavy atom. The van der Waals surface area contributed by atoms with Crippen LogP contribution >= 0.6 is 0 Å². The number of rotatable bonds is 4. The quantitative estimate of drug-likeness (QED) is 0.770. The molecule has 5 nitrogen and oxygen atoms in total. The van der Waals surface area contributed by atoms with Gasteiger partial charge < -0.3 is 14.7 Å². The normalized spacial score (nSPS) is 19.6. The second-order valence-electron chi connectivity index (χ2n) is 7.99. The number of benzene rings is 1. The molecule has 1 spiro atoms. The summed E-state index contributed by atoms with van der Waals surface area (Å²) in [6, 6.07) is 10.4. The minimum absolute atomic E-state index is 0.283. The molecule has 3 aromatic rings. The summed E-state index contributed by atoms with van der Waals surface area (Å²) in [5, 5.41) is 13.2. The topological polar surface area (TPSA) is 58.5 Å². The van der Waals surface area contributed by atoms with Crippen molar-refractivity contribution >= 4 is 16.5 Å². The van der Waals surface area contributed by atoms with E-state index in [1.807, 2.05) is 24.5 Å². The largest absolute Gasteiger partial charge is 0.496 e. The first-order chi connectivity index (χ1) is 13.2. The Hall–Kier alpha value is -2.66. The molecule has 27 heavy (non-hydrogen) atoms. The average Bonchev–Trinajstić information content (AvgIpc) is 2.65. The van der Waals surface area contributed by atoms with Crippen molar-refractivity contribution in [1.82, 2.24) is 9.97 Å². The lowest BCUT2D eigenvalue weighted by Crippen LogP contribution is -2.63. The number of aliphatic hydroxyl groups is 1. The first-order valence-electron chi connectivity index (χ1n) is 9.42. The number of aromatic nitrogens is 2. The molecular weight excluding hydrogens is 338 g/mol. The van der Waals surface area contributed by atoms with E-state index < -0.39 is 6.10 Å². The van der Waals surface area contributed by atoms with Gasteiger partial charge in [-0.05, 0) is 48.4 Å². The van der Waals surface area contributed by atoms with Crippen LogP contribution in [0.1, 0.15) is 24.5 Å². The summed E-state index contributed by atoms with van der Waals surface area (Å²) >= 11 is 0. The Balaban J connectivity index is 1.24. The molecular formula is C22H23N3O2. The van der Waals surface area contributed by atoms with E-state index in [2.05, 4.69) is 33.1 Å². The first-order valence-corrected chi connectivity index (χ1v) is 9.42. The fourth-order valence-electron chi connectivity index (χ4n) is 4.81. The molecule has 0 radical (unpaired) electrons. The minimum atomic E-state index is -0.500. The van der Waals surface area contributed by atoms with Crippen molar-refractivity contribution in [3.8, 4) is 5.75 Å². The number of methoxy groups -OCH3 is 1. The highest BCUT2D eigenvalue weighted by Crippen LogP contribution is 2.56. The van der Waals surface area contributed by atoms with Gasteiger partial charge in [0.25, 0.3) is 0 Å².